The molecule has 14 heavy (non-hydrogen) atoms. The van der Waals surface area contributed by atoms with Crippen LogP contribution in [-0.2, 0) is 4.79 Å². The molecule has 0 aromatic heterocycles. The summed E-state index contributed by atoms with van der Waals surface area (Å²) in [5, 5.41) is 6.42. The van der Waals surface area contributed by atoms with E-state index in [2.05, 4.69) is 17.6 Å². The van der Waals surface area contributed by atoms with E-state index in [-0.39, 0.29) is 5.91 Å². The monoisotopic (exact) mass is 196 g/mol. The van der Waals surface area contributed by atoms with Gasteiger partial charge in [-0.1, -0.05) is 13.3 Å². The van der Waals surface area contributed by atoms with Gasteiger partial charge in [0.15, 0.2) is 0 Å². The largest absolute Gasteiger partial charge is 0.352 e. The summed E-state index contributed by atoms with van der Waals surface area (Å²) in [4.78, 5) is 11.6. The van der Waals surface area contributed by atoms with Gasteiger partial charge in [-0.3, -0.25) is 4.79 Å². The molecule has 2 atom stereocenters. The zero-order chi connectivity index (χ0) is 9.97. The number of hydrogen-bond acceptors (Lipinski definition) is 2. The highest BCUT2D eigenvalue weighted by Gasteiger charge is 2.26. The first-order valence-corrected chi connectivity index (χ1v) is 5.76. The average molecular weight is 196 g/mol. The van der Waals surface area contributed by atoms with Crippen molar-refractivity contribution in [3.63, 3.8) is 0 Å². The van der Waals surface area contributed by atoms with Gasteiger partial charge in [-0.05, 0) is 31.2 Å². The minimum Gasteiger partial charge on any atom is -0.352 e. The van der Waals surface area contributed by atoms with Crippen LogP contribution in [0.15, 0.2) is 0 Å². The quantitative estimate of drug-likeness (QED) is 0.704. The van der Waals surface area contributed by atoms with E-state index in [1.165, 1.54) is 19.3 Å². The van der Waals surface area contributed by atoms with Crippen molar-refractivity contribution in [3.05, 3.63) is 0 Å². The molecule has 2 unspecified atom stereocenters. The van der Waals surface area contributed by atoms with E-state index in [4.69, 9.17) is 0 Å². The van der Waals surface area contributed by atoms with Gasteiger partial charge in [0.05, 0.1) is 0 Å². The van der Waals surface area contributed by atoms with Gasteiger partial charge in [-0.15, -0.1) is 0 Å². The lowest BCUT2D eigenvalue weighted by molar-refractivity contribution is -0.123. The molecule has 1 aliphatic carbocycles. The molecule has 1 saturated heterocycles. The number of carbonyl (C=O) groups is 1. The van der Waals surface area contributed by atoms with Gasteiger partial charge in [0.1, 0.15) is 0 Å². The maximum Gasteiger partial charge on any atom is 0.220 e. The normalized spacial score (nSPS) is 32.6. The third kappa shape index (κ3) is 2.27. The Bertz CT molecular complexity index is 213. The summed E-state index contributed by atoms with van der Waals surface area (Å²) < 4.78 is 0. The molecule has 80 valence electrons. The van der Waals surface area contributed by atoms with Gasteiger partial charge in [0, 0.05) is 19.0 Å². The molecule has 0 spiro atoms. The topological polar surface area (TPSA) is 41.1 Å². The van der Waals surface area contributed by atoms with Crippen LogP contribution < -0.4 is 10.6 Å². The highest BCUT2D eigenvalue weighted by atomic mass is 16.1. The second-order valence-corrected chi connectivity index (χ2v) is 4.81. The van der Waals surface area contributed by atoms with Crippen molar-refractivity contribution in [1.82, 2.24) is 10.6 Å². The SMILES string of the molecule is CC1CNCC1NC(=O)CC1CCC1. The number of nitrogens with one attached hydrogen (secondary N) is 2. The number of amides is 1. The minimum atomic E-state index is 0.259. The fraction of sp³-hybridized carbons (Fsp3) is 0.909. The van der Waals surface area contributed by atoms with E-state index in [0.717, 1.165) is 19.5 Å². The molecule has 1 saturated carbocycles. The standard InChI is InChI=1S/C11H20N2O/c1-8-6-12-7-10(8)13-11(14)5-9-3-2-4-9/h8-10,12H,2-7H2,1H3,(H,13,14). The van der Waals surface area contributed by atoms with Crippen molar-refractivity contribution in [3.8, 4) is 0 Å². The van der Waals surface area contributed by atoms with Crippen molar-refractivity contribution >= 4 is 5.91 Å². The van der Waals surface area contributed by atoms with Crippen LogP contribution in [0.1, 0.15) is 32.6 Å². The molecule has 0 bridgehead atoms. The van der Waals surface area contributed by atoms with Crippen LogP contribution in [-0.4, -0.2) is 25.0 Å². The molecule has 2 aliphatic rings. The fourth-order valence-electron chi connectivity index (χ4n) is 2.23. The predicted molar refractivity (Wildman–Crippen MR) is 55.9 cm³/mol. The van der Waals surface area contributed by atoms with Gasteiger partial charge in [-0.25, -0.2) is 0 Å². The molecule has 2 rings (SSSR count). The molecule has 3 heteroatoms. The molecular weight excluding hydrogens is 176 g/mol. The first-order chi connectivity index (χ1) is 6.75. The molecular formula is C11H20N2O. The third-order valence-corrected chi connectivity index (χ3v) is 3.56. The smallest absolute Gasteiger partial charge is 0.220 e. The van der Waals surface area contributed by atoms with Crippen molar-refractivity contribution in [2.75, 3.05) is 13.1 Å². The molecule has 0 radical (unpaired) electrons. The number of hydrogen-bond donors (Lipinski definition) is 2. The Morgan fingerprint density at radius 2 is 2.21 bits per heavy atom. The fourth-order valence-corrected chi connectivity index (χ4v) is 2.23. The maximum atomic E-state index is 11.6. The molecule has 2 N–H and O–H groups in total. The summed E-state index contributed by atoms with van der Waals surface area (Å²) >= 11 is 0. The summed E-state index contributed by atoms with van der Waals surface area (Å²) in [6.07, 6.45) is 4.58. The highest BCUT2D eigenvalue weighted by molar-refractivity contribution is 5.76. The predicted octanol–water partition coefficient (Wildman–Crippen LogP) is 0.901. The summed E-state index contributed by atoms with van der Waals surface area (Å²) in [5.74, 6) is 1.52. The zero-order valence-electron chi connectivity index (χ0n) is 8.88. The lowest BCUT2D eigenvalue weighted by Crippen LogP contribution is -2.40. The van der Waals surface area contributed by atoms with E-state index >= 15 is 0 Å². The van der Waals surface area contributed by atoms with E-state index in [1.54, 1.807) is 0 Å². The molecule has 0 aromatic carbocycles. The van der Waals surface area contributed by atoms with E-state index < -0.39 is 0 Å². The Balaban J connectivity index is 1.70. The Kier molecular flexibility index (Phi) is 3.06. The summed E-state index contributed by atoms with van der Waals surface area (Å²) in [7, 11) is 0. The third-order valence-electron chi connectivity index (χ3n) is 3.56. The van der Waals surface area contributed by atoms with Gasteiger partial charge in [-0.2, -0.15) is 0 Å². The minimum absolute atomic E-state index is 0.259. The van der Waals surface area contributed by atoms with Crippen LogP contribution in [0.5, 0.6) is 0 Å². The van der Waals surface area contributed by atoms with Crippen molar-refractivity contribution in [2.45, 2.75) is 38.6 Å². The van der Waals surface area contributed by atoms with Crippen LogP contribution in [0.3, 0.4) is 0 Å². The van der Waals surface area contributed by atoms with Gasteiger partial charge >= 0.3 is 0 Å². The Hall–Kier alpha value is -0.570. The van der Waals surface area contributed by atoms with Crippen LogP contribution in [0.4, 0.5) is 0 Å². The lowest BCUT2D eigenvalue weighted by atomic mass is 9.83. The van der Waals surface area contributed by atoms with Crippen LogP contribution in [0, 0.1) is 11.8 Å². The summed E-state index contributed by atoms with van der Waals surface area (Å²) in [6.45, 7) is 4.17. The molecule has 1 heterocycles. The van der Waals surface area contributed by atoms with E-state index in [9.17, 15) is 4.79 Å². The highest BCUT2D eigenvalue weighted by Crippen LogP contribution is 2.29. The Labute approximate surface area is 85.6 Å². The van der Waals surface area contributed by atoms with Gasteiger partial charge < -0.3 is 10.6 Å². The van der Waals surface area contributed by atoms with Crippen molar-refractivity contribution in [1.29, 1.82) is 0 Å². The van der Waals surface area contributed by atoms with Crippen molar-refractivity contribution < 1.29 is 4.79 Å². The zero-order valence-corrected chi connectivity index (χ0v) is 8.88. The molecule has 1 aliphatic heterocycles. The Morgan fingerprint density at radius 1 is 1.43 bits per heavy atom. The van der Waals surface area contributed by atoms with E-state index in [0.29, 0.717) is 17.9 Å². The second-order valence-electron chi connectivity index (χ2n) is 4.81. The van der Waals surface area contributed by atoms with Crippen molar-refractivity contribution in [2.24, 2.45) is 11.8 Å². The van der Waals surface area contributed by atoms with Crippen LogP contribution >= 0.6 is 0 Å². The molecule has 3 nitrogen and oxygen atoms in total. The summed E-state index contributed by atoms with van der Waals surface area (Å²) in [6, 6.07) is 0.363. The number of carbonyl (C=O) groups excluding carboxylic acids is 1. The average Bonchev–Trinajstić information content (AvgIpc) is 2.45. The molecule has 2 fully saturated rings. The first-order valence-electron chi connectivity index (χ1n) is 5.76. The lowest BCUT2D eigenvalue weighted by Gasteiger charge is -2.25. The van der Waals surface area contributed by atoms with Gasteiger partial charge in [0.2, 0.25) is 5.91 Å². The first kappa shape index (κ1) is 9.97. The number of rotatable bonds is 3. The second kappa shape index (κ2) is 4.30. The maximum absolute atomic E-state index is 11.6. The summed E-state index contributed by atoms with van der Waals surface area (Å²) in [5.41, 5.74) is 0. The Morgan fingerprint density at radius 3 is 2.71 bits per heavy atom. The van der Waals surface area contributed by atoms with Gasteiger partial charge in [0.25, 0.3) is 0 Å². The molecule has 0 aromatic rings. The van der Waals surface area contributed by atoms with Crippen LogP contribution in [0.25, 0.3) is 0 Å². The van der Waals surface area contributed by atoms with Crippen LogP contribution in [0.2, 0.25) is 0 Å². The molecule has 1 amide bonds. The van der Waals surface area contributed by atoms with E-state index in [1.807, 2.05) is 0 Å².